The van der Waals surface area contributed by atoms with Gasteiger partial charge in [-0.2, -0.15) is 5.10 Å². The molecule has 0 aliphatic heterocycles. The van der Waals surface area contributed by atoms with E-state index in [1.807, 2.05) is 11.7 Å². The van der Waals surface area contributed by atoms with Crippen molar-refractivity contribution in [1.82, 2.24) is 9.78 Å². The summed E-state index contributed by atoms with van der Waals surface area (Å²) in [5, 5.41) is 4.41. The van der Waals surface area contributed by atoms with Gasteiger partial charge in [0.1, 0.15) is 12.4 Å². The van der Waals surface area contributed by atoms with E-state index in [1.54, 1.807) is 0 Å². The molecule has 1 aromatic heterocycles. The zero-order chi connectivity index (χ0) is 13.1. The summed E-state index contributed by atoms with van der Waals surface area (Å²) >= 11 is 0. The lowest BCUT2D eigenvalue weighted by Gasteiger charge is -2.08. The van der Waals surface area contributed by atoms with Crippen LogP contribution >= 0.6 is 0 Å². The van der Waals surface area contributed by atoms with Gasteiger partial charge in [0, 0.05) is 7.05 Å². The van der Waals surface area contributed by atoms with Gasteiger partial charge in [0.05, 0.1) is 11.4 Å². The Morgan fingerprint density at radius 2 is 1.78 bits per heavy atom. The van der Waals surface area contributed by atoms with Crippen LogP contribution in [-0.4, -0.2) is 9.78 Å². The zero-order valence-corrected chi connectivity index (χ0v) is 11.5. The number of ether oxygens (including phenoxy) is 1. The van der Waals surface area contributed by atoms with Crippen molar-refractivity contribution in [3.8, 4) is 5.75 Å². The van der Waals surface area contributed by atoms with Crippen molar-refractivity contribution in [3.05, 3.63) is 46.8 Å². The number of hydrogen-bond donors (Lipinski definition) is 0. The lowest BCUT2D eigenvalue weighted by atomic mass is 10.1. The lowest BCUT2D eigenvalue weighted by molar-refractivity contribution is 0.294. The van der Waals surface area contributed by atoms with Gasteiger partial charge in [0.2, 0.25) is 0 Å². The van der Waals surface area contributed by atoms with Crippen LogP contribution in [0, 0.1) is 13.8 Å². The summed E-state index contributed by atoms with van der Waals surface area (Å²) in [6.45, 7) is 6.83. The number of hydrogen-bond acceptors (Lipinski definition) is 2. The van der Waals surface area contributed by atoms with Crippen LogP contribution in [0.2, 0.25) is 0 Å². The highest BCUT2D eigenvalue weighted by Crippen LogP contribution is 2.17. The molecule has 0 radical (unpaired) electrons. The van der Waals surface area contributed by atoms with Gasteiger partial charge in [0.15, 0.2) is 0 Å². The Hall–Kier alpha value is -1.77. The normalized spacial score (nSPS) is 10.7. The summed E-state index contributed by atoms with van der Waals surface area (Å²) in [6, 6.07) is 8.36. The molecule has 96 valence electrons. The van der Waals surface area contributed by atoms with Crippen molar-refractivity contribution in [2.45, 2.75) is 33.8 Å². The minimum Gasteiger partial charge on any atom is -0.487 e. The van der Waals surface area contributed by atoms with Crippen LogP contribution in [0.3, 0.4) is 0 Å². The van der Waals surface area contributed by atoms with E-state index in [0.29, 0.717) is 6.61 Å². The molecule has 0 N–H and O–H groups in total. The molecule has 0 atom stereocenters. The first kappa shape index (κ1) is 12.7. The standard InChI is InChI=1S/C15H20N2O/c1-5-13-9-14(17(4)16-13)10-18-15-7-11(2)6-12(3)8-15/h6-9H,5,10H2,1-4H3. The minimum atomic E-state index is 0.562. The smallest absolute Gasteiger partial charge is 0.130 e. The molecule has 3 nitrogen and oxygen atoms in total. The molecular formula is C15H20N2O. The van der Waals surface area contributed by atoms with E-state index in [-0.39, 0.29) is 0 Å². The van der Waals surface area contributed by atoms with Gasteiger partial charge >= 0.3 is 0 Å². The Morgan fingerprint density at radius 3 is 2.33 bits per heavy atom. The predicted octanol–water partition coefficient (Wildman–Crippen LogP) is 3.18. The van der Waals surface area contributed by atoms with E-state index in [0.717, 1.165) is 23.6 Å². The Labute approximate surface area is 108 Å². The molecule has 0 aliphatic carbocycles. The van der Waals surface area contributed by atoms with Crippen LogP contribution in [0.1, 0.15) is 29.4 Å². The van der Waals surface area contributed by atoms with Crippen LogP contribution in [0.15, 0.2) is 24.3 Å². The Balaban J connectivity index is 2.08. The molecule has 0 fully saturated rings. The summed E-state index contributed by atoms with van der Waals surface area (Å²) < 4.78 is 7.72. The average Bonchev–Trinajstić information content (AvgIpc) is 2.66. The molecule has 1 heterocycles. The molecular weight excluding hydrogens is 224 g/mol. The first-order valence-corrected chi connectivity index (χ1v) is 6.31. The summed E-state index contributed by atoms with van der Waals surface area (Å²) in [7, 11) is 1.96. The zero-order valence-electron chi connectivity index (χ0n) is 11.5. The van der Waals surface area contributed by atoms with Gasteiger partial charge in [-0.25, -0.2) is 0 Å². The second-order valence-electron chi connectivity index (χ2n) is 4.72. The minimum absolute atomic E-state index is 0.562. The Kier molecular flexibility index (Phi) is 3.70. The lowest BCUT2D eigenvalue weighted by Crippen LogP contribution is -2.03. The second kappa shape index (κ2) is 5.25. The highest BCUT2D eigenvalue weighted by Gasteiger charge is 2.05. The Bertz CT molecular complexity index is 523. The number of aryl methyl sites for hydroxylation is 4. The van der Waals surface area contributed by atoms with Crippen LogP contribution in [0.25, 0.3) is 0 Å². The fourth-order valence-electron chi connectivity index (χ4n) is 2.05. The fourth-order valence-corrected chi connectivity index (χ4v) is 2.05. The van der Waals surface area contributed by atoms with Gasteiger partial charge in [-0.15, -0.1) is 0 Å². The van der Waals surface area contributed by atoms with Crippen molar-refractivity contribution in [2.24, 2.45) is 7.05 Å². The maximum absolute atomic E-state index is 5.83. The van der Waals surface area contributed by atoms with E-state index >= 15 is 0 Å². The van der Waals surface area contributed by atoms with E-state index in [4.69, 9.17) is 4.74 Å². The average molecular weight is 244 g/mol. The molecule has 0 spiro atoms. The topological polar surface area (TPSA) is 27.1 Å². The summed E-state index contributed by atoms with van der Waals surface area (Å²) in [5.41, 5.74) is 4.66. The molecule has 1 aromatic carbocycles. The molecule has 0 unspecified atom stereocenters. The van der Waals surface area contributed by atoms with Gasteiger partial charge < -0.3 is 4.74 Å². The molecule has 0 amide bonds. The molecule has 2 aromatic rings. The number of nitrogens with zero attached hydrogens (tertiary/aromatic N) is 2. The number of rotatable bonds is 4. The quantitative estimate of drug-likeness (QED) is 0.826. The Morgan fingerprint density at radius 1 is 1.11 bits per heavy atom. The van der Waals surface area contributed by atoms with Crippen LogP contribution in [0.5, 0.6) is 5.75 Å². The van der Waals surface area contributed by atoms with Crippen molar-refractivity contribution < 1.29 is 4.74 Å². The third kappa shape index (κ3) is 2.92. The van der Waals surface area contributed by atoms with Crippen molar-refractivity contribution in [3.63, 3.8) is 0 Å². The van der Waals surface area contributed by atoms with Gasteiger partial charge in [-0.05, 0) is 49.6 Å². The summed E-state index contributed by atoms with van der Waals surface area (Å²) in [4.78, 5) is 0. The molecule has 18 heavy (non-hydrogen) atoms. The van der Waals surface area contributed by atoms with Gasteiger partial charge in [-0.1, -0.05) is 13.0 Å². The maximum atomic E-state index is 5.83. The summed E-state index contributed by atoms with van der Waals surface area (Å²) in [5.74, 6) is 0.923. The molecule has 2 rings (SSSR count). The fraction of sp³-hybridized carbons (Fsp3) is 0.400. The van der Waals surface area contributed by atoms with E-state index < -0.39 is 0 Å². The monoisotopic (exact) mass is 244 g/mol. The highest BCUT2D eigenvalue weighted by atomic mass is 16.5. The van der Waals surface area contributed by atoms with E-state index in [2.05, 4.69) is 50.1 Å². The third-order valence-electron chi connectivity index (χ3n) is 2.97. The SMILES string of the molecule is CCc1cc(COc2cc(C)cc(C)c2)n(C)n1. The van der Waals surface area contributed by atoms with Crippen molar-refractivity contribution in [1.29, 1.82) is 0 Å². The second-order valence-corrected chi connectivity index (χ2v) is 4.72. The summed E-state index contributed by atoms with van der Waals surface area (Å²) in [6.07, 6.45) is 0.956. The number of aromatic nitrogens is 2. The van der Waals surface area contributed by atoms with Crippen LogP contribution in [0.4, 0.5) is 0 Å². The van der Waals surface area contributed by atoms with Crippen LogP contribution in [-0.2, 0) is 20.1 Å². The van der Waals surface area contributed by atoms with Gasteiger partial charge in [-0.3, -0.25) is 4.68 Å². The number of benzene rings is 1. The van der Waals surface area contributed by atoms with E-state index in [9.17, 15) is 0 Å². The predicted molar refractivity (Wildman–Crippen MR) is 72.8 cm³/mol. The van der Waals surface area contributed by atoms with E-state index in [1.165, 1.54) is 11.1 Å². The first-order chi connectivity index (χ1) is 8.58. The van der Waals surface area contributed by atoms with Crippen molar-refractivity contribution >= 4 is 0 Å². The molecule has 0 aliphatic rings. The van der Waals surface area contributed by atoms with Crippen molar-refractivity contribution in [2.75, 3.05) is 0 Å². The molecule has 0 bridgehead atoms. The molecule has 0 saturated heterocycles. The highest BCUT2D eigenvalue weighted by molar-refractivity contribution is 5.33. The van der Waals surface area contributed by atoms with Crippen LogP contribution < -0.4 is 4.74 Å². The molecule has 0 saturated carbocycles. The van der Waals surface area contributed by atoms with Gasteiger partial charge in [0.25, 0.3) is 0 Å². The first-order valence-electron chi connectivity index (χ1n) is 6.31. The molecule has 3 heteroatoms. The third-order valence-corrected chi connectivity index (χ3v) is 2.97. The maximum Gasteiger partial charge on any atom is 0.130 e. The largest absolute Gasteiger partial charge is 0.487 e.